The Kier molecular flexibility index (Phi) is 21.5. The summed E-state index contributed by atoms with van der Waals surface area (Å²) in [5, 5.41) is 39.3. The van der Waals surface area contributed by atoms with Crippen LogP contribution in [0.1, 0.15) is 309 Å². The monoisotopic (exact) mass is 1460 g/mol. The standard InChI is InChI=1S/C84H135N12O7P/c1-52(13-28-76(97)101-10)67-22-25-70-64-19-16-55-43-61(31-37-79(55,4)73(64)34-40-82(67,70)7)94-49-58(88-91-94)46-85-104(100,86-47-59-50-95(92-89-59)62-32-38-80(5)56(44-62)17-20-65-71-26-23-68(53(2)14-29-77(98)102-11)83(71,8)41-35-74(65)80)87-48-60-51-96(93-90-60)63-33-39-81(6)57(45-63)18-21-66-72-27-24-69(54(3)15-30-78(99)103-12)84(72,9)42-36-75(66)81/h49-57,61-75H,13-48H2,1-12H3,(H3,85,86,87,100)/t52-,53-,54-,55-,56-,57-,61?,62?,63?,64+,65+,66+,67-,68-,69-,70+,71+,72+,73+,74+,75+,79+,80+,81+,82-,83-,84-,104?/m1/s1. The average Bonchev–Trinajstić information content (AvgIpc) is 1.30. The second kappa shape index (κ2) is 29.6. The Hall–Kier alpha value is -4.06. The summed E-state index contributed by atoms with van der Waals surface area (Å²) in [7, 11) is 1.00. The number of fused-ring (bicyclic) bond motifs is 15. The number of methoxy groups -OCH3 is 3. The van der Waals surface area contributed by atoms with E-state index in [0.29, 0.717) is 105 Å². The van der Waals surface area contributed by atoms with E-state index in [4.69, 9.17) is 45.1 Å². The number of esters is 3. The van der Waals surface area contributed by atoms with Gasteiger partial charge in [-0.05, 0) is 332 Å². The quantitative estimate of drug-likeness (QED) is 0.0431. The van der Waals surface area contributed by atoms with E-state index in [1.165, 1.54) is 156 Å². The van der Waals surface area contributed by atoms with Gasteiger partial charge < -0.3 is 14.2 Å². The van der Waals surface area contributed by atoms with Crippen LogP contribution in [0.2, 0.25) is 0 Å². The molecule has 0 aliphatic heterocycles. The molecule has 0 aromatic carbocycles. The molecule has 15 rings (SSSR count). The van der Waals surface area contributed by atoms with Crippen molar-refractivity contribution in [1.29, 1.82) is 0 Å². The third kappa shape index (κ3) is 13.6. The maximum absolute atomic E-state index is 15.6. The van der Waals surface area contributed by atoms with E-state index in [-0.39, 0.29) is 55.7 Å². The van der Waals surface area contributed by atoms with Crippen molar-refractivity contribution in [2.24, 2.45) is 139 Å². The minimum absolute atomic E-state index is 0.0762. The normalized spacial score (nSPS) is 42.8. The smallest absolute Gasteiger partial charge is 0.305 e. The molecule has 104 heavy (non-hydrogen) atoms. The fraction of sp³-hybridized carbons (Fsp3) is 0.893. The SMILES string of the molecule is COC(=O)CC[C@@H](C)[C@H]1CC[C@H]2[C@@H]3CC[C@@H]4CC(n5cc(CNP(=O)(NCc6cn(C7CC[C@@]8(C)[C@H](CC[C@@H]9[C@@H]8CC[C@]8(C)[C@@H]([C@H](C)CCC(=O)OC)CC[C@@H]98)C7)nn6)NCc6cn(C7CC[C@@]8(C)[C@H](CC[C@@H]9[C@@H]8CC[C@]8(C)[C@@H]([C@H](C)CCC(=O)OC)CC[C@@H]98)C7)nn6)nn5)CC[C@]4(C)[C@H]3CC[C@]12C. The number of nitrogens with one attached hydrogen (secondary N) is 3. The zero-order valence-corrected chi connectivity index (χ0v) is 67.0. The van der Waals surface area contributed by atoms with Gasteiger partial charge >= 0.3 is 17.9 Å². The number of hydrogen-bond acceptors (Lipinski definition) is 13. The first kappa shape index (κ1) is 75.4. The highest BCUT2D eigenvalue weighted by Gasteiger charge is 2.65. The van der Waals surface area contributed by atoms with Crippen LogP contribution in [0.4, 0.5) is 0 Å². The van der Waals surface area contributed by atoms with E-state index < -0.39 is 7.59 Å². The number of rotatable bonds is 24. The number of ether oxygens (including phenoxy) is 3. The lowest BCUT2D eigenvalue weighted by Crippen LogP contribution is -2.53. The molecule has 0 radical (unpaired) electrons. The van der Waals surface area contributed by atoms with Gasteiger partial charge in [-0.1, -0.05) is 78.0 Å². The average molecular weight is 1460 g/mol. The molecule has 12 aliphatic rings. The van der Waals surface area contributed by atoms with E-state index in [9.17, 15) is 14.4 Å². The molecule has 0 amide bonds. The highest BCUT2D eigenvalue weighted by atomic mass is 31.2. The number of nitrogens with zero attached hydrogens (tertiary/aromatic N) is 9. The molecule has 3 unspecified atom stereocenters. The lowest BCUT2D eigenvalue weighted by atomic mass is 9.44. The molecule has 578 valence electrons. The van der Waals surface area contributed by atoms with Crippen LogP contribution in [-0.4, -0.2) is 84.2 Å². The van der Waals surface area contributed by atoms with E-state index >= 15 is 4.57 Å². The first-order chi connectivity index (χ1) is 49.8. The summed E-state index contributed by atoms with van der Waals surface area (Å²) in [6, 6.07) is 0.861. The number of carbonyl (C=O) groups is 3. The van der Waals surface area contributed by atoms with Crippen LogP contribution in [0, 0.1) is 139 Å². The Bertz CT molecular complexity index is 3220. The van der Waals surface area contributed by atoms with Crippen LogP contribution < -0.4 is 15.3 Å². The Morgan fingerprint density at radius 2 is 0.673 bits per heavy atom. The van der Waals surface area contributed by atoms with Crippen LogP contribution in [0.5, 0.6) is 0 Å². The van der Waals surface area contributed by atoms with E-state index in [1.807, 2.05) is 0 Å². The largest absolute Gasteiger partial charge is 0.469 e. The van der Waals surface area contributed by atoms with Gasteiger partial charge in [0.1, 0.15) is 0 Å². The molecular weight excluding hydrogens is 1320 g/mol. The van der Waals surface area contributed by atoms with Crippen molar-refractivity contribution >= 4 is 25.5 Å². The van der Waals surface area contributed by atoms with Crippen LogP contribution in [0.15, 0.2) is 18.6 Å². The van der Waals surface area contributed by atoms with Crippen molar-refractivity contribution in [1.82, 2.24) is 60.2 Å². The molecule has 19 nitrogen and oxygen atoms in total. The van der Waals surface area contributed by atoms with Gasteiger partial charge in [0.05, 0.1) is 75.1 Å². The minimum Gasteiger partial charge on any atom is -0.469 e. The highest BCUT2D eigenvalue weighted by Crippen LogP contribution is 2.73. The molecule has 3 heterocycles. The van der Waals surface area contributed by atoms with E-state index in [0.717, 1.165) is 128 Å². The second-order valence-electron chi connectivity index (χ2n) is 39.4. The highest BCUT2D eigenvalue weighted by molar-refractivity contribution is 7.57. The van der Waals surface area contributed by atoms with Crippen molar-refractivity contribution < 1.29 is 33.2 Å². The minimum atomic E-state index is -3.54. The lowest BCUT2D eigenvalue weighted by molar-refractivity contribution is -0.142. The van der Waals surface area contributed by atoms with Crippen LogP contribution in [0.25, 0.3) is 0 Å². The molecule has 12 saturated carbocycles. The van der Waals surface area contributed by atoms with Crippen LogP contribution in [0.3, 0.4) is 0 Å². The molecule has 3 N–H and O–H groups in total. The Morgan fingerprint density at radius 1 is 0.404 bits per heavy atom. The molecule has 3 aromatic rings. The molecular formula is C84H135N12O7P. The summed E-state index contributed by atoms with van der Waals surface area (Å²) in [6.07, 6.45) is 44.7. The molecule has 20 heteroatoms. The van der Waals surface area contributed by atoms with Crippen LogP contribution in [-0.2, 0) is 52.8 Å². The molecule has 0 bridgehead atoms. The lowest BCUT2D eigenvalue weighted by Gasteiger charge is -2.61. The van der Waals surface area contributed by atoms with Gasteiger partial charge in [0.2, 0.25) is 0 Å². The van der Waals surface area contributed by atoms with Gasteiger partial charge in [0.25, 0.3) is 7.59 Å². The van der Waals surface area contributed by atoms with Gasteiger partial charge in [0.15, 0.2) is 0 Å². The zero-order valence-electron chi connectivity index (χ0n) is 66.1. The van der Waals surface area contributed by atoms with Gasteiger partial charge in [-0.2, -0.15) is 0 Å². The summed E-state index contributed by atoms with van der Waals surface area (Å²) in [4.78, 5) is 36.5. The fourth-order valence-corrected chi connectivity index (χ4v) is 31.3. The molecule has 3 aromatic heterocycles. The Morgan fingerprint density at radius 3 is 0.952 bits per heavy atom. The maximum atomic E-state index is 15.6. The first-order valence-corrected chi connectivity index (χ1v) is 44.3. The summed E-state index contributed by atoms with van der Waals surface area (Å²) in [5.74, 6) is 12.4. The predicted molar refractivity (Wildman–Crippen MR) is 402 cm³/mol. The maximum Gasteiger partial charge on any atom is 0.305 e. The van der Waals surface area contributed by atoms with Gasteiger partial charge in [0, 0.05) is 38.9 Å². The fourth-order valence-electron chi connectivity index (χ4n) is 29.8. The van der Waals surface area contributed by atoms with Gasteiger partial charge in [-0.3, -0.25) is 18.9 Å². The Balaban J connectivity index is 0.588. The van der Waals surface area contributed by atoms with Crippen molar-refractivity contribution in [3.8, 4) is 0 Å². The third-order valence-electron chi connectivity index (χ3n) is 35.5. The van der Waals surface area contributed by atoms with Crippen molar-refractivity contribution in [2.75, 3.05) is 21.3 Å². The second-order valence-corrected chi connectivity index (χ2v) is 41.6. The summed E-state index contributed by atoms with van der Waals surface area (Å²) >= 11 is 0. The number of hydrogen-bond donors (Lipinski definition) is 3. The Labute approximate surface area is 623 Å². The molecule has 27 atom stereocenters. The van der Waals surface area contributed by atoms with Gasteiger partial charge in [-0.25, -0.2) is 29.3 Å². The van der Waals surface area contributed by atoms with Gasteiger partial charge in [-0.15, -0.1) is 15.3 Å². The molecule has 0 spiro atoms. The van der Waals surface area contributed by atoms with E-state index in [2.05, 4.69) is 110 Å². The molecule has 12 fully saturated rings. The summed E-state index contributed by atoms with van der Waals surface area (Å²) in [5.41, 5.74) is 4.40. The van der Waals surface area contributed by atoms with Crippen molar-refractivity contribution in [3.05, 3.63) is 35.7 Å². The summed E-state index contributed by atoms with van der Waals surface area (Å²) in [6.45, 7) is 23.9. The molecule has 0 saturated heterocycles. The molecule has 12 aliphatic carbocycles. The first-order valence-electron chi connectivity index (χ1n) is 42.6. The van der Waals surface area contributed by atoms with Crippen molar-refractivity contribution in [2.45, 2.75) is 312 Å². The number of aromatic nitrogens is 9. The third-order valence-corrected chi connectivity index (χ3v) is 37.3. The topological polar surface area (TPSA) is 224 Å². The van der Waals surface area contributed by atoms with Crippen LogP contribution >= 0.6 is 7.59 Å². The number of carbonyl (C=O) groups excluding carboxylic acids is 3. The van der Waals surface area contributed by atoms with Crippen molar-refractivity contribution in [3.63, 3.8) is 0 Å². The zero-order chi connectivity index (χ0) is 72.9. The summed E-state index contributed by atoms with van der Waals surface area (Å²) < 4.78 is 37.2. The van der Waals surface area contributed by atoms with E-state index in [1.54, 1.807) is 0 Å². The predicted octanol–water partition coefficient (Wildman–Crippen LogP) is 17.6.